The van der Waals surface area contributed by atoms with Crippen molar-refractivity contribution >= 4 is 11.8 Å². The third-order valence-electron chi connectivity index (χ3n) is 7.46. The summed E-state index contributed by atoms with van der Waals surface area (Å²) in [5, 5.41) is 22.8. The number of β-amino-alcohol motifs (C(OH)–C–C–N with tert-alkyl or cyclic N) is 1. The van der Waals surface area contributed by atoms with Gasteiger partial charge in [-0.25, -0.2) is 0 Å². The summed E-state index contributed by atoms with van der Waals surface area (Å²) in [5.41, 5.74) is 9.77. The molecule has 0 saturated carbocycles. The molecular formula is C26H33N7O4. The van der Waals surface area contributed by atoms with Gasteiger partial charge in [-0.2, -0.15) is 4.80 Å². The highest BCUT2D eigenvalue weighted by molar-refractivity contribution is 6.00. The predicted octanol–water partition coefficient (Wildman–Crippen LogP) is 1.56. The normalized spacial score (nSPS) is 20.7. The molecule has 11 heteroatoms. The van der Waals surface area contributed by atoms with Crippen LogP contribution in [0, 0.1) is 5.92 Å². The van der Waals surface area contributed by atoms with Crippen LogP contribution >= 0.6 is 0 Å². The molecule has 2 aliphatic heterocycles. The third kappa shape index (κ3) is 4.07. The van der Waals surface area contributed by atoms with E-state index in [2.05, 4.69) is 29.3 Å². The van der Waals surface area contributed by atoms with Crippen molar-refractivity contribution in [2.75, 3.05) is 13.7 Å². The Morgan fingerprint density at radius 3 is 2.65 bits per heavy atom. The first-order valence-corrected chi connectivity index (χ1v) is 12.5. The molecule has 1 fully saturated rings. The fourth-order valence-corrected chi connectivity index (χ4v) is 5.67. The predicted molar refractivity (Wildman–Crippen MR) is 136 cm³/mol. The minimum Gasteiger partial charge on any atom is -0.496 e. The molecule has 0 aliphatic carbocycles. The highest BCUT2D eigenvalue weighted by Gasteiger charge is 2.49. The van der Waals surface area contributed by atoms with E-state index in [1.807, 2.05) is 22.8 Å². The van der Waals surface area contributed by atoms with E-state index in [1.165, 1.54) is 9.70 Å². The van der Waals surface area contributed by atoms with Gasteiger partial charge in [0.25, 0.3) is 5.91 Å². The van der Waals surface area contributed by atoms with Crippen molar-refractivity contribution in [2.24, 2.45) is 18.7 Å². The summed E-state index contributed by atoms with van der Waals surface area (Å²) in [6.07, 6.45) is 0.779. The molecule has 1 aromatic carbocycles. The van der Waals surface area contributed by atoms with Crippen LogP contribution in [-0.2, 0) is 31.2 Å². The first-order valence-electron chi connectivity index (χ1n) is 12.5. The van der Waals surface area contributed by atoms with Gasteiger partial charge in [-0.15, -0.1) is 10.2 Å². The van der Waals surface area contributed by atoms with Crippen molar-refractivity contribution in [3.8, 4) is 28.4 Å². The van der Waals surface area contributed by atoms with E-state index in [4.69, 9.17) is 10.5 Å². The van der Waals surface area contributed by atoms with Crippen LogP contribution in [0.5, 0.6) is 5.75 Å². The molecule has 2 aliphatic rings. The van der Waals surface area contributed by atoms with Crippen LogP contribution in [0.4, 0.5) is 0 Å². The molecular weight excluding hydrogens is 474 g/mol. The molecule has 37 heavy (non-hydrogen) atoms. The number of aryl methyl sites for hydroxylation is 2. The van der Waals surface area contributed by atoms with Gasteiger partial charge in [-0.1, -0.05) is 13.8 Å². The average molecular weight is 508 g/mol. The maximum absolute atomic E-state index is 13.9. The molecule has 0 bridgehead atoms. The second-order valence-corrected chi connectivity index (χ2v) is 10.6. The van der Waals surface area contributed by atoms with Crippen molar-refractivity contribution < 1.29 is 19.4 Å². The number of hydrogen-bond donors (Lipinski definition) is 2. The van der Waals surface area contributed by atoms with E-state index >= 15 is 0 Å². The lowest BCUT2D eigenvalue weighted by atomic mass is 9.91. The maximum atomic E-state index is 13.9. The molecule has 3 aromatic rings. The van der Waals surface area contributed by atoms with Gasteiger partial charge in [-0.3, -0.25) is 9.59 Å². The molecule has 2 atom stereocenters. The van der Waals surface area contributed by atoms with Crippen LogP contribution < -0.4 is 10.5 Å². The van der Waals surface area contributed by atoms with E-state index < -0.39 is 17.6 Å². The van der Waals surface area contributed by atoms with Gasteiger partial charge in [0, 0.05) is 25.1 Å². The number of methoxy groups -OCH3 is 1. The van der Waals surface area contributed by atoms with Crippen molar-refractivity contribution in [1.82, 2.24) is 29.7 Å². The van der Waals surface area contributed by atoms with E-state index in [0.717, 1.165) is 34.4 Å². The van der Waals surface area contributed by atoms with E-state index in [1.54, 1.807) is 21.1 Å². The Kier molecular flexibility index (Phi) is 6.06. The lowest BCUT2D eigenvalue weighted by Crippen LogP contribution is -2.54. The number of tetrazole rings is 1. The van der Waals surface area contributed by atoms with Gasteiger partial charge in [0.2, 0.25) is 11.7 Å². The Bertz CT molecular complexity index is 1390. The minimum atomic E-state index is -1.25. The number of fused-ring (bicyclic) bond motifs is 3. The van der Waals surface area contributed by atoms with Crippen LogP contribution in [0.3, 0.4) is 0 Å². The summed E-state index contributed by atoms with van der Waals surface area (Å²) in [6.45, 7) is 6.56. The van der Waals surface area contributed by atoms with Crippen molar-refractivity contribution in [2.45, 2.75) is 58.2 Å². The largest absolute Gasteiger partial charge is 0.496 e. The number of carbonyl (C=O) groups is 2. The fourth-order valence-electron chi connectivity index (χ4n) is 5.67. The number of aliphatic hydroxyl groups excluding tert-OH is 1. The zero-order valence-electron chi connectivity index (χ0n) is 21.9. The van der Waals surface area contributed by atoms with Crippen LogP contribution in [0.1, 0.15) is 48.8 Å². The number of primary amides is 1. The number of aliphatic hydroxyl groups is 1. The fraction of sp³-hybridized carbons (Fsp3) is 0.500. The molecule has 2 amide bonds. The Morgan fingerprint density at radius 2 is 2.03 bits per heavy atom. The Balaban J connectivity index is 1.67. The molecule has 0 spiro atoms. The van der Waals surface area contributed by atoms with Gasteiger partial charge in [0.15, 0.2) is 0 Å². The molecule has 0 radical (unpaired) electrons. The topological polar surface area (TPSA) is 141 Å². The van der Waals surface area contributed by atoms with Crippen LogP contribution in [0.15, 0.2) is 18.2 Å². The van der Waals surface area contributed by atoms with Gasteiger partial charge < -0.3 is 25.0 Å². The summed E-state index contributed by atoms with van der Waals surface area (Å²) in [6, 6.07) is 5.96. The van der Waals surface area contributed by atoms with Crippen molar-refractivity contribution in [3.05, 3.63) is 35.0 Å². The Morgan fingerprint density at radius 1 is 1.27 bits per heavy atom. The number of amides is 2. The molecule has 5 rings (SSSR count). The van der Waals surface area contributed by atoms with E-state index in [-0.39, 0.29) is 18.9 Å². The monoisotopic (exact) mass is 507 g/mol. The number of benzene rings is 1. The molecule has 1 saturated heterocycles. The van der Waals surface area contributed by atoms with Crippen LogP contribution in [-0.4, -0.2) is 71.9 Å². The van der Waals surface area contributed by atoms with Gasteiger partial charge >= 0.3 is 0 Å². The average Bonchev–Trinajstić information content (AvgIpc) is 3.53. The molecule has 4 heterocycles. The molecule has 0 unspecified atom stereocenters. The number of hydrogen-bond acceptors (Lipinski definition) is 7. The maximum Gasteiger partial charge on any atom is 0.271 e. The Labute approximate surface area is 215 Å². The van der Waals surface area contributed by atoms with Crippen LogP contribution in [0.25, 0.3) is 22.6 Å². The molecule has 3 N–H and O–H groups in total. The SMILES string of the molecule is COc1cc2c(cc1-c1nnn(C)n1)-c1c(CC(C)C)cc(C(=O)N3C[C@@H](O)C[C@]3(C)C(N)=O)n1CC2. The zero-order chi connectivity index (χ0) is 26.6. The highest BCUT2D eigenvalue weighted by Crippen LogP contribution is 2.42. The first kappa shape index (κ1) is 24.9. The highest BCUT2D eigenvalue weighted by atomic mass is 16.5. The summed E-state index contributed by atoms with van der Waals surface area (Å²) < 4.78 is 7.71. The van der Waals surface area contributed by atoms with E-state index in [9.17, 15) is 14.7 Å². The summed E-state index contributed by atoms with van der Waals surface area (Å²) in [4.78, 5) is 29.1. The smallest absolute Gasteiger partial charge is 0.271 e. The summed E-state index contributed by atoms with van der Waals surface area (Å²) >= 11 is 0. The number of carbonyl (C=O) groups excluding carboxylic acids is 2. The minimum absolute atomic E-state index is 0.0641. The lowest BCUT2D eigenvalue weighted by molar-refractivity contribution is -0.126. The lowest BCUT2D eigenvalue weighted by Gasteiger charge is -2.32. The standard InChI is InChI=1S/C26H33N7O4/c1-14(2)8-16-9-20(24(35)33-13-17(34)12-26(33,3)25(27)36)32-7-6-15-10-21(37-5)19(11-18(15)22(16)32)23-28-30-31(4)29-23/h9-11,14,17,34H,6-8,12-13H2,1-5H3,(H2,27,36)/t17-,26+/m0/s1. The quantitative estimate of drug-likeness (QED) is 0.516. The molecule has 196 valence electrons. The summed E-state index contributed by atoms with van der Waals surface area (Å²) in [7, 11) is 3.33. The van der Waals surface area contributed by atoms with Crippen molar-refractivity contribution in [3.63, 3.8) is 0 Å². The van der Waals surface area contributed by atoms with Crippen molar-refractivity contribution in [1.29, 1.82) is 0 Å². The number of nitrogens with zero attached hydrogens (tertiary/aromatic N) is 6. The van der Waals surface area contributed by atoms with Gasteiger partial charge in [0.05, 0.1) is 31.5 Å². The Hall–Kier alpha value is -3.73. The zero-order valence-corrected chi connectivity index (χ0v) is 21.9. The number of rotatable bonds is 6. The third-order valence-corrected chi connectivity index (χ3v) is 7.46. The number of ether oxygens (including phenoxy) is 1. The summed E-state index contributed by atoms with van der Waals surface area (Å²) in [5.74, 6) is 0.544. The number of aromatic nitrogens is 5. The first-order chi connectivity index (χ1) is 17.5. The molecule has 2 aromatic heterocycles. The number of likely N-dealkylation sites (tertiary alicyclic amines) is 1. The van der Waals surface area contributed by atoms with Gasteiger partial charge in [-0.05, 0) is 60.2 Å². The molecule has 11 nitrogen and oxygen atoms in total. The van der Waals surface area contributed by atoms with Crippen LogP contribution in [0.2, 0.25) is 0 Å². The van der Waals surface area contributed by atoms with E-state index in [0.29, 0.717) is 36.2 Å². The van der Waals surface area contributed by atoms with Gasteiger partial charge in [0.1, 0.15) is 17.0 Å². The second kappa shape index (κ2) is 8.98. The second-order valence-electron chi connectivity index (χ2n) is 10.6. The number of nitrogens with two attached hydrogens (primary N) is 1.